The number of methoxy groups -OCH3 is 1. The minimum atomic E-state index is -2.08. The molecule has 3 aromatic rings. The van der Waals surface area contributed by atoms with Crippen LogP contribution in [-0.2, 0) is 0 Å². The van der Waals surface area contributed by atoms with Gasteiger partial charge in [0, 0.05) is 26.5 Å². The molecule has 0 aliphatic carbocycles. The van der Waals surface area contributed by atoms with Crippen molar-refractivity contribution in [2.24, 2.45) is 0 Å². The quantitative estimate of drug-likeness (QED) is 0.657. The first kappa shape index (κ1) is 6.59. The zero-order valence-electron chi connectivity index (χ0n) is 11.9. The van der Waals surface area contributed by atoms with Gasteiger partial charge in [0.2, 0.25) is 0 Å². The molecular weight excluding hydrogens is 198 g/mol. The summed E-state index contributed by atoms with van der Waals surface area (Å²) in [5, 5.41) is 1.92. The van der Waals surface area contributed by atoms with Crippen LogP contribution in [0.1, 0.15) is 9.68 Å². The maximum atomic E-state index is 7.48. The molecule has 0 unspecified atom stereocenters. The van der Waals surface area contributed by atoms with E-state index in [0.29, 0.717) is 5.56 Å². The normalized spacial score (nSPS) is 14.7. The molecular formula is C14H13NO. The van der Waals surface area contributed by atoms with E-state index < -0.39 is 6.85 Å². The number of fused-ring (bicyclic) bond motifs is 3. The van der Waals surface area contributed by atoms with E-state index in [0.717, 1.165) is 27.6 Å². The Morgan fingerprint density at radius 3 is 2.81 bits per heavy atom. The van der Waals surface area contributed by atoms with Gasteiger partial charge in [-0.25, -0.2) is 0 Å². The molecule has 0 amide bonds. The van der Waals surface area contributed by atoms with Crippen LogP contribution in [0.15, 0.2) is 36.4 Å². The highest BCUT2D eigenvalue weighted by Crippen LogP contribution is 2.28. The number of benzene rings is 2. The second-order valence-electron chi connectivity index (χ2n) is 3.80. The predicted molar refractivity (Wildman–Crippen MR) is 67.1 cm³/mol. The van der Waals surface area contributed by atoms with Gasteiger partial charge in [-0.3, -0.25) is 0 Å². The molecule has 1 N–H and O–H groups in total. The molecule has 0 aliphatic heterocycles. The molecule has 80 valence electrons. The number of nitrogens with one attached hydrogen (secondary N) is 1. The molecule has 1 heterocycles. The second kappa shape index (κ2) is 3.27. The topological polar surface area (TPSA) is 25.0 Å². The lowest BCUT2D eigenvalue weighted by molar-refractivity contribution is 0.415. The third kappa shape index (κ3) is 1.27. The largest absolute Gasteiger partial charge is 0.497 e. The first-order chi connectivity index (χ1) is 8.99. The van der Waals surface area contributed by atoms with Crippen LogP contribution in [0.4, 0.5) is 0 Å². The fourth-order valence-electron chi connectivity index (χ4n) is 2.01. The zero-order chi connectivity index (χ0) is 13.6. The van der Waals surface area contributed by atoms with Crippen LogP contribution in [0.2, 0.25) is 0 Å². The minimum Gasteiger partial charge on any atom is -0.497 e. The van der Waals surface area contributed by atoms with Crippen molar-refractivity contribution < 1.29 is 8.85 Å². The highest BCUT2D eigenvalue weighted by atomic mass is 16.5. The first-order valence-corrected chi connectivity index (χ1v) is 5.09. The van der Waals surface area contributed by atoms with E-state index in [2.05, 4.69) is 4.98 Å². The average Bonchev–Trinajstić information content (AvgIpc) is 2.73. The first-order valence-electron chi connectivity index (χ1n) is 6.59. The lowest BCUT2D eigenvalue weighted by Crippen LogP contribution is -1.80. The van der Waals surface area contributed by atoms with E-state index in [1.54, 1.807) is 19.2 Å². The summed E-state index contributed by atoms with van der Waals surface area (Å²) < 4.78 is 27.6. The van der Waals surface area contributed by atoms with Crippen molar-refractivity contribution in [1.29, 1.82) is 0 Å². The number of rotatable bonds is 1. The van der Waals surface area contributed by atoms with Crippen LogP contribution < -0.4 is 4.74 Å². The highest BCUT2D eigenvalue weighted by Gasteiger charge is 2.04. The Bertz CT molecular complexity index is 758. The smallest absolute Gasteiger partial charge is 0.120 e. The monoisotopic (exact) mass is 214 g/mol. The number of aromatic nitrogens is 1. The van der Waals surface area contributed by atoms with Crippen LogP contribution >= 0.6 is 0 Å². The van der Waals surface area contributed by atoms with E-state index in [9.17, 15) is 0 Å². The fourth-order valence-corrected chi connectivity index (χ4v) is 2.01. The Labute approximate surface area is 98.1 Å². The van der Waals surface area contributed by atoms with Crippen molar-refractivity contribution in [3.63, 3.8) is 0 Å². The summed E-state index contributed by atoms with van der Waals surface area (Å²) in [6, 6.07) is 10.9. The highest BCUT2D eigenvalue weighted by molar-refractivity contribution is 6.07. The summed E-state index contributed by atoms with van der Waals surface area (Å²) in [6.07, 6.45) is 0. The number of aryl methyl sites for hydroxylation is 1. The van der Waals surface area contributed by atoms with Gasteiger partial charge in [-0.15, -0.1) is 0 Å². The molecule has 0 fully saturated rings. The lowest BCUT2D eigenvalue weighted by atomic mass is 10.1. The molecule has 3 rings (SSSR count). The minimum absolute atomic E-state index is 0.358. The molecule has 0 bridgehead atoms. The third-order valence-corrected chi connectivity index (χ3v) is 2.81. The van der Waals surface area contributed by atoms with Gasteiger partial charge in [0.25, 0.3) is 0 Å². The van der Waals surface area contributed by atoms with Crippen molar-refractivity contribution in [3.05, 3.63) is 42.0 Å². The molecule has 0 atom stereocenters. The Balaban J connectivity index is 2.30. The van der Waals surface area contributed by atoms with Crippen LogP contribution in [0.3, 0.4) is 0 Å². The van der Waals surface area contributed by atoms with Crippen molar-refractivity contribution in [2.45, 2.75) is 6.85 Å². The molecule has 0 radical (unpaired) electrons. The fraction of sp³-hybridized carbons (Fsp3) is 0.143. The molecule has 0 saturated heterocycles. The summed E-state index contributed by atoms with van der Waals surface area (Å²) in [6.45, 7) is -2.08. The van der Waals surface area contributed by atoms with Crippen LogP contribution in [0, 0.1) is 6.85 Å². The van der Waals surface area contributed by atoms with E-state index in [4.69, 9.17) is 8.85 Å². The van der Waals surface area contributed by atoms with Gasteiger partial charge in [-0.05, 0) is 31.1 Å². The van der Waals surface area contributed by atoms with Crippen LogP contribution in [0.25, 0.3) is 21.8 Å². The lowest BCUT2D eigenvalue weighted by Gasteiger charge is -1.98. The Kier molecular flexibility index (Phi) is 1.35. The van der Waals surface area contributed by atoms with E-state index in [1.807, 2.05) is 24.3 Å². The van der Waals surface area contributed by atoms with Crippen LogP contribution in [-0.4, -0.2) is 12.1 Å². The van der Waals surface area contributed by atoms with Gasteiger partial charge in [-0.1, -0.05) is 11.6 Å². The van der Waals surface area contributed by atoms with Gasteiger partial charge in [-0.2, -0.15) is 0 Å². The second-order valence-corrected chi connectivity index (χ2v) is 3.80. The number of H-pyrrole nitrogens is 1. The maximum Gasteiger partial charge on any atom is 0.120 e. The summed E-state index contributed by atoms with van der Waals surface area (Å²) in [7, 11) is 1.62. The predicted octanol–water partition coefficient (Wildman–Crippen LogP) is 3.64. The Hall–Kier alpha value is -1.96. The van der Waals surface area contributed by atoms with E-state index in [-0.39, 0.29) is 0 Å². The summed E-state index contributed by atoms with van der Waals surface area (Å²) >= 11 is 0. The van der Waals surface area contributed by atoms with Gasteiger partial charge in [0.1, 0.15) is 5.75 Å². The summed E-state index contributed by atoms with van der Waals surface area (Å²) in [5.74, 6) is 0.773. The van der Waals surface area contributed by atoms with Crippen molar-refractivity contribution in [1.82, 2.24) is 4.98 Å². The number of hydrogen-bond acceptors (Lipinski definition) is 1. The number of ether oxygens (including phenoxy) is 1. The van der Waals surface area contributed by atoms with Crippen molar-refractivity contribution >= 4 is 21.8 Å². The average molecular weight is 214 g/mol. The van der Waals surface area contributed by atoms with E-state index in [1.165, 1.54) is 0 Å². The molecule has 0 spiro atoms. The number of hydrogen-bond donors (Lipinski definition) is 1. The van der Waals surface area contributed by atoms with Gasteiger partial charge >= 0.3 is 0 Å². The number of aromatic amines is 1. The maximum absolute atomic E-state index is 7.48. The molecule has 0 saturated carbocycles. The van der Waals surface area contributed by atoms with Gasteiger partial charge in [0.05, 0.1) is 12.6 Å². The molecule has 2 aromatic carbocycles. The van der Waals surface area contributed by atoms with Gasteiger partial charge < -0.3 is 9.72 Å². The molecule has 0 aliphatic rings. The summed E-state index contributed by atoms with van der Waals surface area (Å²) in [4.78, 5) is 3.27. The van der Waals surface area contributed by atoms with E-state index >= 15 is 0 Å². The molecule has 2 nitrogen and oxygen atoms in total. The summed E-state index contributed by atoms with van der Waals surface area (Å²) in [5.41, 5.74) is 2.23. The molecule has 1 aromatic heterocycles. The molecule has 2 heteroatoms. The Morgan fingerprint density at radius 2 is 2.00 bits per heavy atom. The van der Waals surface area contributed by atoms with Crippen LogP contribution in [0.5, 0.6) is 5.75 Å². The van der Waals surface area contributed by atoms with Crippen molar-refractivity contribution in [3.8, 4) is 5.75 Å². The third-order valence-electron chi connectivity index (χ3n) is 2.81. The van der Waals surface area contributed by atoms with Crippen molar-refractivity contribution in [2.75, 3.05) is 7.11 Å². The van der Waals surface area contributed by atoms with Gasteiger partial charge in [0.15, 0.2) is 0 Å². The Morgan fingerprint density at radius 1 is 1.06 bits per heavy atom. The SMILES string of the molecule is [2H]C([2H])([2H])c1ccc2[nH]c3cc(OC)ccc3c2c1. The molecule has 16 heavy (non-hydrogen) atoms. The zero-order valence-corrected chi connectivity index (χ0v) is 8.87. The standard InChI is InChI=1S/C14H13NO/c1-9-3-6-13-12(7-9)11-5-4-10(16-2)8-14(11)15-13/h3-8,15H,1-2H3/i1D3.